The van der Waals surface area contributed by atoms with E-state index in [1.807, 2.05) is 6.92 Å². The van der Waals surface area contributed by atoms with Crippen LogP contribution in [0.15, 0.2) is 30.5 Å². The van der Waals surface area contributed by atoms with Gasteiger partial charge in [-0.15, -0.1) is 0 Å². The molecule has 0 fully saturated rings. The lowest BCUT2D eigenvalue weighted by Crippen LogP contribution is -1.95. The van der Waals surface area contributed by atoms with Crippen molar-refractivity contribution in [3.63, 3.8) is 0 Å². The van der Waals surface area contributed by atoms with Crippen LogP contribution in [0.1, 0.15) is 12.7 Å². The van der Waals surface area contributed by atoms with Crippen molar-refractivity contribution in [3.8, 4) is 17.0 Å². The minimum Gasteiger partial charge on any atom is -0.504 e. The zero-order chi connectivity index (χ0) is 11.5. The SMILES string of the molecule is CCc1ncc(O)c(-c2ccc(F)cc2)n1. The van der Waals surface area contributed by atoms with Gasteiger partial charge in [0.05, 0.1) is 6.20 Å². The first-order valence-corrected chi connectivity index (χ1v) is 5.01. The van der Waals surface area contributed by atoms with E-state index in [2.05, 4.69) is 9.97 Å². The van der Waals surface area contributed by atoms with Crippen molar-refractivity contribution in [2.45, 2.75) is 13.3 Å². The third-order valence-corrected chi connectivity index (χ3v) is 2.25. The van der Waals surface area contributed by atoms with Crippen LogP contribution in [0.3, 0.4) is 0 Å². The quantitative estimate of drug-likeness (QED) is 0.842. The number of aryl methyl sites for hydroxylation is 1. The summed E-state index contributed by atoms with van der Waals surface area (Å²) in [6.45, 7) is 1.93. The first kappa shape index (κ1) is 10.5. The predicted molar refractivity (Wildman–Crippen MR) is 58.5 cm³/mol. The minimum atomic E-state index is -0.312. The summed E-state index contributed by atoms with van der Waals surface area (Å²) in [7, 11) is 0. The summed E-state index contributed by atoms with van der Waals surface area (Å²) < 4.78 is 12.8. The lowest BCUT2D eigenvalue weighted by atomic mass is 10.1. The first-order valence-electron chi connectivity index (χ1n) is 5.01. The van der Waals surface area contributed by atoms with Crippen molar-refractivity contribution < 1.29 is 9.50 Å². The molecule has 1 N–H and O–H groups in total. The van der Waals surface area contributed by atoms with Gasteiger partial charge in [-0.3, -0.25) is 0 Å². The monoisotopic (exact) mass is 218 g/mol. The van der Waals surface area contributed by atoms with Crippen LogP contribution in [0.2, 0.25) is 0 Å². The lowest BCUT2D eigenvalue weighted by Gasteiger charge is -2.05. The van der Waals surface area contributed by atoms with Gasteiger partial charge < -0.3 is 5.11 Å². The molecule has 0 saturated carbocycles. The van der Waals surface area contributed by atoms with Gasteiger partial charge in [0, 0.05) is 12.0 Å². The van der Waals surface area contributed by atoms with E-state index in [4.69, 9.17) is 0 Å². The molecule has 1 aromatic carbocycles. The Morgan fingerprint density at radius 3 is 2.56 bits per heavy atom. The van der Waals surface area contributed by atoms with E-state index in [0.717, 1.165) is 0 Å². The fourth-order valence-corrected chi connectivity index (χ4v) is 1.40. The summed E-state index contributed by atoms with van der Waals surface area (Å²) in [5, 5.41) is 9.63. The number of nitrogens with zero attached hydrogens (tertiary/aromatic N) is 2. The first-order chi connectivity index (χ1) is 7.70. The predicted octanol–water partition coefficient (Wildman–Crippen LogP) is 2.55. The molecule has 0 aliphatic heterocycles. The largest absolute Gasteiger partial charge is 0.504 e. The average Bonchev–Trinajstić information content (AvgIpc) is 2.31. The van der Waals surface area contributed by atoms with Gasteiger partial charge in [-0.2, -0.15) is 0 Å². The van der Waals surface area contributed by atoms with Gasteiger partial charge in [-0.25, -0.2) is 14.4 Å². The van der Waals surface area contributed by atoms with Crippen LogP contribution in [0.4, 0.5) is 4.39 Å². The van der Waals surface area contributed by atoms with E-state index in [1.165, 1.54) is 18.3 Å². The Labute approximate surface area is 92.6 Å². The molecule has 2 aromatic rings. The van der Waals surface area contributed by atoms with Crippen molar-refractivity contribution in [2.75, 3.05) is 0 Å². The summed E-state index contributed by atoms with van der Waals surface area (Å²) in [4.78, 5) is 8.17. The average molecular weight is 218 g/mol. The number of aromatic hydroxyl groups is 1. The molecule has 0 amide bonds. The van der Waals surface area contributed by atoms with Crippen LogP contribution in [0.5, 0.6) is 5.75 Å². The molecule has 0 saturated heterocycles. The third-order valence-electron chi connectivity index (χ3n) is 2.25. The van der Waals surface area contributed by atoms with Crippen LogP contribution >= 0.6 is 0 Å². The van der Waals surface area contributed by atoms with Gasteiger partial charge in [0.1, 0.15) is 17.3 Å². The van der Waals surface area contributed by atoms with Crippen molar-refractivity contribution in [1.82, 2.24) is 9.97 Å². The van der Waals surface area contributed by atoms with E-state index in [1.54, 1.807) is 12.1 Å². The fourth-order valence-electron chi connectivity index (χ4n) is 1.40. The Morgan fingerprint density at radius 1 is 1.25 bits per heavy atom. The molecule has 0 atom stereocenters. The normalized spacial score (nSPS) is 10.4. The van der Waals surface area contributed by atoms with E-state index in [-0.39, 0.29) is 11.6 Å². The highest BCUT2D eigenvalue weighted by atomic mass is 19.1. The Bertz CT molecular complexity index is 497. The summed E-state index contributed by atoms with van der Waals surface area (Å²) in [6.07, 6.45) is 2.05. The van der Waals surface area contributed by atoms with Crippen molar-refractivity contribution in [2.24, 2.45) is 0 Å². The van der Waals surface area contributed by atoms with Gasteiger partial charge in [0.25, 0.3) is 0 Å². The number of hydrogen-bond acceptors (Lipinski definition) is 3. The standard InChI is InChI=1S/C12H11FN2O/c1-2-11-14-7-10(16)12(15-11)8-3-5-9(13)6-4-8/h3-7,16H,2H2,1H3. The zero-order valence-electron chi connectivity index (χ0n) is 8.81. The van der Waals surface area contributed by atoms with E-state index >= 15 is 0 Å². The van der Waals surface area contributed by atoms with Crippen LogP contribution < -0.4 is 0 Å². The van der Waals surface area contributed by atoms with Gasteiger partial charge in [-0.1, -0.05) is 6.92 Å². The Balaban J connectivity index is 2.50. The summed E-state index contributed by atoms with van der Waals surface area (Å²) in [5.41, 5.74) is 1.11. The molecule has 4 heteroatoms. The number of rotatable bonds is 2. The highest BCUT2D eigenvalue weighted by Gasteiger charge is 2.07. The highest BCUT2D eigenvalue weighted by molar-refractivity contribution is 5.65. The maximum atomic E-state index is 12.8. The molecule has 1 aromatic heterocycles. The van der Waals surface area contributed by atoms with Gasteiger partial charge >= 0.3 is 0 Å². The Kier molecular flexibility index (Phi) is 2.81. The van der Waals surface area contributed by atoms with Gasteiger partial charge in [-0.05, 0) is 24.3 Å². The molecule has 0 radical (unpaired) electrons. The molecule has 1 heterocycles. The smallest absolute Gasteiger partial charge is 0.160 e. The molecule has 0 aliphatic rings. The fraction of sp³-hybridized carbons (Fsp3) is 0.167. The molecule has 82 valence electrons. The molecule has 0 spiro atoms. The molecular weight excluding hydrogens is 207 g/mol. The second-order valence-electron chi connectivity index (χ2n) is 3.38. The van der Waals surface area contributed by atoms with Crippen LogP contribution in [-0.2, 0) is 6.42 Å². The van der Waals surface area contributed by atoms with Crippen molar-refractivity contribution in [3.05, 3.63) is 42.1 Å². The number of benzene rings is 1. The van der Waals surface area contributed by atoms with Crippen molar-refractivity contribution in [1.29, 1.82) is 0 Å². The minimum absolute atomic E-state index is 0.00353. The van der Waals surface area contributed by atoms with Crippen molar-refractivity contribution >= 4 is 0 Å². The molecule has 2 rings (SSSR count). The van der Waals surface area contributed by atoms with Gasteiger partial charge in [0.2, 0.25) is 0 Å². The summed E-state index contributed by atoms with van der Waals surface area (Å²) >= 11 is 0. The second-order valence-corrected chi connectivity index (χ2v) is 3.38. The van der Waals surface area contributed by atoms with E-state index < -0.39 is 0 Å². The van der Waals surface area contributed by atoms with E-state index in [9.17, 15) is 9.50 Å². The molecule has 0 aliphatic carbocycles. The number of aromatic nitrogens is 2. The highest BCUT2D eigenvalue weighted by Crippen LogP contribution is 2.26. The number of halogens is 1. The molecule has 0 bridgehead atoms. The van der Waals surface area contributed by atoms with Crippen LogP contribution in [0, 0.1) is 5.82 Å². The zero-order valence-corrected chi connectivity index (χ0v) is 8.81. The second kappa shape index (κ2) is 4.26. The van der Waals surface area contributed by atoms with Gasteiger partial charge in [0.15, 0.2) is 5.75 Å². The Morgan fingerprint density at radius 2 is 1.94 bits per heavy atom. The Hall–Kier alpha value is -1.97. The molecule has 16 heavy (non-hydrogen) atoms. The molecular formula is C12H11FN2O. The third kappa shape index (κ3) is 2.00. The summed E-state index contributed by atoms with van der Waals surface area (Å²) in [6, 6.07) is 5.83. The maximum absolute atomic E-state index is 12.8. The maximum Gasteiger partial charge on any atom is 0.160 e. The molecule has 3 nitrogen and oxygen atoms in total. The van der Waals surface area contributed by atoms with Crippen LogP contribution in [-0.4, -0.2) is 15.1 Å². The lowest BCUT2D eigenvalue weighted by molar-refractivity contribution is 0.471. The van der Waals surface area contributed by atoms with E-state index in [0.29, 0.717) is 23.5 Å². The van der Waals surface area contributed by atoms with Crippen LogP contribution in [0.25, 0.3) is 11.3 Å². The number of hydrogen-bond donors (Lipinski definition) is 1. The summed E-state index contributed by atoms with van der Waals surface area (Å²) in [5.74, 6) is 0.342. The molecule has 0 unspecified atom stereocenters. The topological polar surface area (TPSA) is 46.0 Å².